The Labute approximate surface area is 126 Å². The van der Waals surface area contributed by atoms with Gasteiger partial charge < -0.3 is 19.9 Å². The number of rotatable bonds is 8. The van der Waals surface area contributed by atoms with Crippen LogP contribution in [0.25, 0.3) is 0 Å². The second-order valence-corrected chi connectivity index (χ2v) is 5.46. The maximum atomic E-state index is 9.13. The molecule has 4 nitrogen and oxygen atoms in total. The van der Waals surface area contributed by atoms with E-state index in [4.69, 9.17) is 26.2 Å². The lowest BCUT2D eigenvalue weighted by atomic mass is 9.94. The van der Waals surface area contributed by atoms with Crippen LogP contribution in [0.5, 0.6) is 11.5 Å². The second kappa shape index (κ2) is 7.72. The highest BCUT2D eigenvalue weighted by atomic mass is 35.5. The second-order valence-electron chi connectivity index (χ2n) is 5.05. The van der Waals surface area contributed by atoms with E-state index < -0.39 is 0 Å². The smallest absolute Gasteiger partial charge is 0.179 e. The zero-order chi connectivity index (χ0) is 15.2. The van der Waals surface area contributed by atoms with Crippen LogP contribution in [-0.4, -0.2) is 31.5 Å². The summed E-state index contributed by atoms with van der Waals surface area (Å²) in [5.74, 6) is 1.17. The highest BCUT2D eigenvalue weighted by molar-refractivity contribution is 6.32. The summed E-state index contributed by atoms with van der Waals surface area (Å²) in [6, 6.07) is 3.78. The quantitative estimate of drug-likeness (QED) is 0.775. The molecule has 0 saturated heterocycles. The number of ether oxygens (including phenoxy) is 2. The van der Waals surface area contributed by atoms with Crippen molar-refractivity contribution in [3.63, 3.8) is 0 Å². The van der Waals surface area contributed by atoms with Gasteiger partial charge in [0.15, 0.2) is 11.5 Å². The molecule has 0 aromatic heterocycles. The molecule has 1 atom stereocenters. The first-order valence-electron chi connectivity index (χ1n) is 6.76. The van der Waals surface area contributed by atoms with Crippen molar-refractivity contribution in [2.75, 3.05) is 20.8 Å². The van der Waals surface area contributed by atoms with Gasteiger partial charge in [-0.15, -0.1) is 0 Å². The summed E-state index contributed by atoms with van der Waals surface area (Å²) >= 11 is 6.19. The topological polar surface area (TPSA) is 50.7 Å². The molecule has 0 aliphatic rings. The Morgan fingerprint density at radius 2 is 2.00 bits per heavy atom. The molecule has 114 valence electrons. The minimum absolute atomic E-state index is 0.0889. The van der Waals surface area contributed by atoms with Crippen LogP contribution < -0.4 is 14.8 Å². The van der Waals surface area contributed by atoms with Crippen LogP contribution in [0.4, 0.5) is 0 Å². The van der Waals surface area contributed by atoms with Gasteiger partial charge in [0.1, 0.15) is 0 Å². The van der Waals surface area contributed by atoms with E-state index in [1.807, 2.05) is 12.1 Å². The fourth-order valence-electron chi connectivity index (χ4n) is 2.03. The van der Waals surface area contributed by atoms with E-state index in [1.165, 1.54) is 0 Å². The van der Waals surface area contributed by atoms with E-state index in [-0.39, 0.29) is 12.1 Å². The molecule has 0 radical (unpaired) electrons. The minimum Gasteiger partial charge on any atom is -0.493 e. The van der Waals surface area contributed by atoms with E-state index in [0.717, 1.165) is 12.0 Å². The van der Waals surface area contributed by atoms with Gasteiger partial charge in [-0.2, -0.15) is 0 Å². The van der Waals surface area contributed by atoms with Crippen LogP contribution in [0.1, 0.15) is 32.3 Å². The van der Waals surface area contributed by atoms with E-state index in [9.17, 15) is 0 Å². The molecule has 20 heavy (non-hydrogen) atoms. The van der Waals surface area contributed by atoms with Gasteiger partial charge in [0.2, 0.25) is 0 Å². The molecule has 0 heterocycles. The Bertz CT molecular complexity index is 439. The van der Waals surface area contributed by atoms with E-state index in [0.29, 0.717) is 29.5 Å². The van der Waals surface area contributed by atoms with Gasteiger partial charge in [-0.3, -0.25) is 0 Å². The first kappa shape index (κ1) is 17.1. The average Bonchev–Trinajstić information content (AvgIpc) is 2.44. The van der Waals surface area contributed by atoms with Gasteiger partial charge >= 0.3 is 0 Å². The molecule has 0 bridgehead atoms. The number of aliphatic hydroxyl groups excluding tert-OH is 1. The summed E-state index contributed by atoms with van der Waals surface area (Å²) in [6.45, 7) is 5.03. The normalized spacial score (nSPS) is 13.9. The Hall–Kier alpha value is -0.970. The molecule has 1 aromatic carbocycles. The fourth-order valence-corrected chi connectivity index (χ4v) is 2.34. The van der Waals surface area contributed by atoms with Crippen LogP contribution in [0, 0.1) is 0 Å². The Morgan fingerprint density at radius 1 is 1.30 bits per heavy atom. The fraction of sp³-hybridized carbons (Fsp3) is 0.600. The molecule has 0 spiro atoms. The van der Waals surface area contributed by atoms with Crippen LogP contribution in [0.3, 0.4) is 0 Å². The van der Waals surface area contributed by atoms with Gasteiger partial charge in [0, 0.05) is 18.7 Å². The molecule has 1 rings (SSSR count). The third-order valence-corrected chi connectivity index (χ3v) is 3.94. The lowest BCUT2D eigenvalue weighted by Crippen LogP contribution is -2.42. The first-order valence-corrected chi connectivity index (χ1v) is 7.13. The van der Waals surface area contributed by atoms with Crippen molar-refractivity contribution in [1.29, 1.82) is 0 Å². The predicted octanol–water partition coefficient (Wildman–Crippen LogP) is 3.00. The van der Waals surface area contributed by atoms with Crippen molar-refractivity contribution in [2.45, 2.75) is 38.8 Å². The van der Waals surface area contributed by atoms with Crippen molar-refractivity contribution >= 4 is 11.6 Å². The standard InChI is InChI=1S/C15H24ClNO3/c1-5-15(2,6-7-18)17-10-11-8-12(16)14(20-4)13(9-11)19-3/h8-9,17-18H,5-7,10H2,1-4H3. The van der Waals surface area contributed by atoms with Gasteiger partial charge in [-0.05, 0) is 37.5 Å². The maximum absolute atomic E-state index is 9.13. The molecule has 0 aliphatic carbocycles. The summed E-state index contributed by atoms with van der Waals surface area (Å²) in [5.41, 5.74) is 0.930. The lowest BCUT2D eigenvalue weighted by Gasteiger charge is -2.29. The van der Waals surface area contributed by atoms with Gasteiger partial charge in [-0.25, -0.2) is 0 Å². The van der Waals surface area contributed by atoms with Gasteiger partial charge in [0.05, 0.1) is 19.2 Å². The van der Waals surface area contributed by atoms with Crippen molar-refractivity contribution in [3.05, 3.63) is 22.7 Å². The van der Waals surface area contributed by atoms with E-state index in [1.54, 1.807) is 14.2 Å². The van der Waals surface area contributed by atoms with Crippen molar-refractivity contribution < 1.29 is 14.6 Å². The Balaban J connectivity index is 2.85. The highest BCUT2D eigenvalue weighted by Crippen LogP contribution is 2.36. The summed E-state index contributed by atoms with van der Waals surface area (Å²) in [7, 11) is 3.16. The molecule has 0 amide bonds. The predicted molar refractivity (Wildman–Crippen MR) is 81.8 cm³/mol. The van der Waals surface area contributed by atoms with Crippen molar-refractivity contribution in [1.82, 2.24) is 5.32 Å². The summed E-state index contributed by atoms with van der Waals surface area (Å²) in [5, 5.41) is 13.1. The first-order chi connectivity index (χ1) is 9.49. The van der Waals surface area contributed by atoms with Crippen molar-refractivity contribution in [2.24, 2.45) is 0 Å². The number of benzene rings is 1. The van der Waals surface area contributed by atoms with Gasteiger partial charge in [-0.1, -0.05) is 18.5 Å². The number of hydrogen-bond donors (Lipinski definition) is 2. The Kier molecular flexibility index (Phi) is 6.59. The largest absolute Gasteiger partial charge is 0.493 e. The number of nitrogens with one attached hydrogen (secondary N) is 1. The molecule has 0 fully saturated rings. The summed E-state index contributed by atoms with van der Waals surface area (Å²) in [4.78, 5) is 0. The number of aliphatic hydroxyl groups is 1. The molecule has 5 heteroatoms. The summed E-state index contributed by atoms with van der Waals surface area (Å²) < 4.78 is 10.5. The number of methoxy groups -OCH3 is 2. The van der Waals surface area contributed by atoms with Crippen molar-refractivity contribution in [3.8, 4) is 11.5 Å². The highest BCUT2D eigenvalue weighted by Gasteiger charge is 2.21. The molecule has 0 saturated carbocycles. The lowest BCUT2D eigenvalue weighted by molar-refractivity contribution is 0.214. The third-order valence-electron chi connectivity index (χ3n) is 3.66. The zero-order valence-corrected chi connectivity index (χ0v) is 13.4. The van der Waals surface area contributed by atoms with E-state index in [2.05, 4.69) is 19.2 Å². The minimum atomic E-state index is -0.0889. The Morgan fingerprint density at radius 3 is 2.50 bits per heavy atom. The average molecular weight is 302 g/mol. The van der Waals surface area contributed by atoms with Crippen LogP contribution in [0.2, 0.25) is 5.02 Å². The molecule has 2 N–H and O–H groups in total. The number of halogens is 1. The molecular formula is C15H24ClNO3. The summed E-state index contributed by atoms with van der Waals surface area (Å²) in [6.07, 6.45) is 1.65. The molecule has 1 unspecified atom stereocenters. The molecular weight excluding hydrogens is 278 g/mol. The zero-order valence-electron chi connectivity index (χ0n) is 12.6. The van der Waals surface area contributed by atoms with Crippen LogP contribution in [-0.2, 0) is 6.54 Å². The SMILES string of the molecule is CCC(C)(CCO)NCc1cc(Cl)c(OC)c(OC)c1. The maximum Gasteiger partial charge on any atom is 0.179 e. The van der Waals surface area contributed by atoms with Gasteiger partial charge in [0.25, 0.3) is 0 Å². The van der Waals surface area contributed by atoms with Crippen LogP contribution >= 0.6 is 11.6 Å². The monoisotopic (exact) mass is 301 g/mol. The molecule has 0 aliphatic heterocycles. The molecule has 1 aromatic rings. The third kappa shape index (κ3) is 4.27. The van der Waals surface area contributed by atoms with E-state index >= 15 is 0 Å². The van der Waals surface area contributed by atoms with Crippen LogP contribution in [0.15, 0.2) is 12.1 Å². The number of hydrogen-bond acceptors (Lipinski definition) is 4.